The van der Waals surface area contributed by atoms with Gasteiger partial charge in [-0.15, -0.1) is 0 Å². The fourth-order valence-electron chi connectivity index (χ4n) is 1.94. The van der Waals surface area contributed by atoms with Crippen molar-refractivity contribution in [3.63, 3.8) is 0 Å². The van der Waals surface area contributed by atoms with Gasteiger partial charge in [-0.3, -0.25) is 0 Å². The molecule has 0 unspecified atom stereocenters. The van der Waals surface area contributed by atoms with Crippen molar-refractivity contribution in [1.82, 2.24) is 0 Å². The van der Waals surface area contributed by atoms with Gasteiger partial charge in [0.2, 0.25) is 0 Å². The number of allylic oxidation sites excluding steroid dienone is 2. The Bertz CT molecular complexity index is 303. The number of carbonyl (C=O) groups is 1. The van der Waals surface area contributed by atoms with E-state index in [9.17, 15) is 9.90 Å². The largest absolute Gasteiger partial charge is 0.508 e. The van der Waals surface area contributed by atoms with Crippen molar-refractivity contribution >= 4 is 5.97 Å². The van der Waals surface area contributed by atoms with Crippen LogP contribution < -0.4 is 0 Å². The minimum atomic E-state index is -1.02. The normalized spacial score (nSPS) is 12.7. The molecule has 3 heteroatoms. The third-order valence-corrected chi connectivity index (χ3v) is 3.14. The Balaban J connectivity index is 3.59. The lowest BCUT2D eigenvalue weighted by molar-refractivity contribution is -0.131. The Labute approximate surface area is 117 Å². The highest BCUT2D eigenvalue weighted by molar-refractivity contribution is 5.81. The van der Waals surface area contributed by atoms with Gasteiger partial charge in [-0.25, -0.2) is 4.79 Å². The molecule has 0 spiro atoms. The monoisotopic (exact) mass is 268 g/mol. The zero-order valence-electron chi connectivity index (χ0n) is 12.3. The van der Waals surface area contributed by atoms with Gasteiger partial charge >= 0.3 is 5.97 Å². The minimum absolute atomic E-state index is 0.0883. The Morgan fingerprint density at radius 2 is 1.47 bits per heavy atom. The molecule has 0 atom stereocenters. The Hall–Kier alpha value is -1.25. The SMILES string of the molecule is CCCCCCCCCC/C=C(O)/C(C)=C\C(=O)O. The molecule has 0 rings (SSSR count). The van der Waals surface area contributed by atoms with E-state index in [-0.39, 0.29) is 5.76 Å². The summed E-state index contributed by atoms with van der Waals surface area (Å²) in [6.45, 7) is 3.83. The molecule has 0 radical (unpaired) electrons. The number of unbranched alkanes of at least 4 members (excludes halogenated alkanes) is 8. The number of hydrogen-bond donors (Lipinski definition) is 2. The number of carboxylic acid groups (broad SMARTS) is 1. The third-order valence-electron chi connectivity index (χ3n) is 3.14. The maximum Gasteiger partial charge on any atom is 0.328 e. The van der Waals surface area contributed by atoms with Gasteiger partial charge < -0.3 is 10.2 Å². The number of hydrogen-bond acceptors (Lipinski definition) is 2. The molecule has 0 aliphatic carbocycles. The zero-order valence-corrected chi connectivity index (χ0v) is 12.3. The molecule has 3 nitrogen and oxygen atoms in total. The molecular formula is C16H28O3. The van der Waals surface area contributed by atoms with Gasteiger partial charge in [-0.05, 0) is 31.4 Å². The number of rotatable bonds is 11. The van der Waals surface area contributed by atoms with Gasteiger partial charge in [-0.1, -0.05) is 51.9 Å². The van der Waals surface area contributed by atoms with Crippen molar-refractivity contribution in [3.05, 3.63) is 23.5 Å². The average molecular weight is 268 g/mol. The highest BCUT2D eigenvalue weighted by Gasteiger charge is 1.99. The molecular weight excluding hydrogens is 240 g/mol. The van der Waals surface area contributed by atoms with Crippen LogP contribution in [-0.4, -0.2) is 16.2 Å². The number of carboxylic acids is 1. The number of aliphatic hydroxyl groups excluding tert-OH is 1. The summed E-state index contributed by atoms with van der Waals surface area (Å²) < 4.78 is 0. The maximum absolute atomic E-state index is 10.4. The molecule has 110 valence electrons. The zero-order chi connectivity index (χ0) is 14.5. The lowest BCUT2D eigenvalue weighted by Gasteiger charge is -2.01. The van der Waals surface area contributed by atoms with Crippen LogP contribution >= 0.6 is 0 Å². The molecule has 0 bridgehead atoms. The lowest BCUT2D eigenvalue weighted by Crippen LogP contribution is -1.92. The second-order valence-corrected chi connectivity index (χ2v) is 5.02. The van der Waals surface area contributed by atoms with Gasteiger partial charge in [0.1, 0.15) is 5.76 Å². The molecule has 0 heterocycles. The van der Waals surface area contributed by atoms with Crippen molar-refractivity contribution in [2.45, 2.75) is 71.6 Å². The lowest BCUT2D eigenvalue weighted by atomic mass is 10.1. The van der Waals surface area contributed by atoms with E-state index in [0.717, 1.165) is 18.9 Å². The van der Waals surface area contributed by atoms with E-state index in [1.165, 1.54) is 44.9 Å². The van der Waals surface area contributed by atoms with Crippen LogP contribution in [0.15, 0.2) is 23.5 Å². The second kappa shape index (κ2) is 11.8. The number of aliphatic carboxylic acids is 1. The van der Waals surface area contributed by atoms with Gasteiger partial charge in [0.05, 0.1) is 0 Å². The van der Waals surface area contributed by atoms with Gasteiger partial charge in [0, 0.05) is 6.08 Å². The molecule has 0 saturated carbocycles. The Morgan fingerprint density at radius 1 is 0.947 bits per heavy atom. The van der Waals surface area contributed by atoms with Crippen LogP contribution in [0.1, 0.15) is 71.6 Å². The van der Waals surface area contributed by atoms with Crippen LogP contribution in [0, 0.1) is 0 Å². The van der Waals surface area contributed by atoms with E-state index < -0.39 is 5.97 Å². The smallest absolute Gasteiger partial charge is 0.328 e. The van der Waals surface area contributed by atoms with Crippen LogP contribution in [0.3, 0.4) is 0 Å². The summed E-state index contributed by atoms with van der Waals surface area (Å²) in [7, 11) is 0. The van der Waals surface area contributed by atoms with Crippen LogP contribution in [0.4, 0.5) is 0 Å². The van der Waals surface area contributed by atoms with E-state index in [1.807, 2.05) is 0 Å². The van der Waals surface area contributed by atoms with Crippen molar-refractivity contribution < 1.29 is 15.0 Å². The summed E-state index contributed by atoms with van der Waals surface area (Å²) >= 11 is 0. The van der Waals surface area contributed by atoms with E-state index in [4.69, 9.17) is 5.11 Å². The number of aliphatic hydroxyl groups is 1. The first-order valence-electron chi connectivity index (χ1n) is 7.38. The predicted molar refractivity (Wildman–Crippen MR) is 79.3 cm³/mol. The van der Waals surface area contributed by atoms with Gasteiger partial charge in [0.25, 0.3) is 0 Å². The molecule has 19 heavy (non-hydrogen) atoms. The molecule has 0 fully saturated rings. The van der Waals surface area contributed by atoms with Crippen LogP contribution in [0.25, 0.3) is 0 Å². The molecule has 0 saturated heterocycles. The highest BCUT2D eigenvalue weighted by Crippen LogP contribution is 2.12. The topological polar surface area (TPSA) is 57.5 Å². The Kier molecular flexibility index (Phi) is 11.0. The van der Waals surface area contributed by atoms with Crippen molar-refractivity contribution in [2.75, 3.05) is 0 Å². The quantitative estimate of drug-likeness (QED) is 0.240. The molecule has 0 aliphatic rings. The van der Waals surface area contributed by atoms with Gasteiger partial charge in [0.15, 0.2) is 0 Å². The first kappa shape index (κ1) is 17.8. The predicted octanol–water partition coefficient (Wildman–Crippen LogP) is 4.99. The summed E-state index contributed by atoms with van der Waals surface area (Å²) in [6, 6.07) is 0. The van der Waals surface area contributed by atoms with Crippen molar-refractivity contribution in [1.29, 1.82) is 0 Å². The van der Waals surface area contributed by atoms with E-state index in [1.54, 1.807) is 13.0 Å². The maximum atomic E-state index is 10.4. The fourth-order valence-corrected chi connectivity index (χ4v) is 1.94. The average Bonchev–Trinajstić information content (AvgIpc) is 2.35. The summed E-state index contributed by atoms with van der Waals surface area (Å²) in [5.41, 5.74) is 0.409. The fraction of sp³-hybridized carbons (Fsp3) is 0.688. The standard InChI is InChI=1S/C16H28O3/c1-3-4-5-6-7-8-9-10-11-12-15(17)14(2)13-16(18)19/h12-13,17H,3-11H2,1-2H3,(H,18,19)/b14-13-,15-12-. The summed E-state index contributed by atoms with van der Waals surface area (Å²) in [5, 5.41) is 18.1. The van der Waals surface area contributed by atoms with Crippen LogP contribution in [0.2, 0.25) is 0 Å². The second-order valence-electron chi connectivity index (χ2n) is 5.02. The molecule has 0 aromatic carbocycles. The molecule has 0 amide bonds. The molecule has 0 aromatic heterocycles. The van der Waals surface area contributed by atoms with Gasteiger partial charge in [-0.2, -0.15) is 0 Å². The first-order chi connectivity index (χ1) is 9.07. The third kappa shape index (κ3) is 11.6. The first-order valence-corrected chi connectivity index (χ1v) is 7.38. The van der Waals surface area contributed by atoms with Crippen molar-refractivity contribution in [3.8, 4) is 0 Å². The summed E-state index contributed by atoms with van der Waals surface area (Å²) in [4.78, 5) is 10.4. The summed E-state index contributed by atoms with van der Waals surface area (Å²) in [6.07, 6.45) is 13.6. The van der Waals surface area contributed by atoms with Crippen LogP contribution in [0.5, 0.6) is 0 Å². The minimum Gasteiger partial charge on any atom is -0.508 e. The van der Waals surface area contributed by atoms with Crippen molar-refractivity contribution in [2.24, 2.45) is 0 Å². The van der Waals surface area contributed by atoms with Crippen LogP contribution in [-0.2, 0) is 4.79 Å². The molecule has 0 aromatic rings. The molecule has 0 aliphatic heterocycles. The van der Waals surface area contributed by atoms with E-state index in [0.29, 0.717) is 5.57 Å². The molecule has 2 N–H and O–H groups in total. The highest BCUT2D eigenvalue weighted by atomic mass is 16.4. The summed E-state index contributed by atoms with van der Waals surface area (Å²) in [5.74, 6) is -0.935. The Morgan fingerprint density at radius 3 is 2.00 bits per heavy atom. The van der Waals surface area contributed by atoms with E-state index in [2.05, 4.69) is 6.92 Å². The van der Waals surface area contributed by atoms with E-state index >= 15 is 0 Å².